The zero-order valence-electron chi connectivity index (χ0n) is 16.3. The Kier molecular flexibility index (Phi) is 4.80. The first-order valence-electron chi connectivity index (χ1n) is 9.69. The molecular weight excluding hydrogens is 422 g/mol. The van der Waals surface area contributed by atoms with Gasteiger partial charge >= 0.3 is 0 Å². The van der Waals surface area contributed by atoms with Gasteiger partial charge in [0.2, 0.25) is 5.76 Å². The number of aromatic hydroxyl groups is 1. The number of carbonyl (C=O) groups excluding carboxylic acids is 1. The molecule has 1 amide bonds. The molecule has 1 aromatic heterocycles. The zero-order valence-corrected chi connectivity index (χ0v) is 17.0. The molecule has 2 aliphatic rings. The molecule has 1 saturated heterocycles. The first-order chi connectivity index (χ1) is 15.0. The first-order valence-corrected chi connectivity index (χ1v) is 10.1. The van der Waals surface area contributed by atoms with Crippen LogP contribution < -0.4 is 10.2 Å². The van der Waals surface area contributed by atoms with Gasteiger partial charge < -0.3 is 29.7 Å². The van der Waals surface area contributed by atoms with Crippen LogP contribution in [0.15, 0.2) is 47.0 Å². The van der Waals surface area contributed by atoms with Crippen LogP contribution >= 0.6 is 11.6 Å². The van der Waals surface area contributed by atoms with Crippen molar-refractivity contribution in [2.75, 3.05) is 36.5 Å². The molecule has 0 radical (unpaired) electrons. The average Bonchev–Trinajstić information content (AvgIpc) is 3.35. The fourth-order valence-electron chi connectivity index (χ4n) is 3.82. The number of nitrogens with zero attached hydrogens (tertiary/aromatic N) is 2. The van der Waals surface area contributed by atoms with Gasteiger partial charge in [0.25, 0.3) is 11.8 Å². The Hall–Kier alpha value is -3.49. The van der Waals surface area contributed by atoms with Crippen LogP contribution in [0.3, 0.4) is 0 Å². The summed E-state index contributed by atoms with van der Waals surface area (Å²) in [6.07, 6.45) is 0. The van der Waals surface area contributed by atoms with Crippen LogP contribution in [0.4, 0.5) is 11.4 Å². The van der Waals surface area contributed by atoms with E-state index in [1.807, 2.05) is 24.3 Å². The number of amides is 1. The molecule has 2 aromatic carbocycles. The van der Waals surface area contributed by atoms with Crippen molar-refractivity contribution in [2.45, 2.75) is 0 Å². The van der Waals surface area contributed by atoms with E-state index < -0.39 is 17.5 Å². The van der Waals surface area contributed by atoms with E-state index in [1.54, 1.807) is 12.1 Å². The van der Waals surface area contributed by atoms with Gasteiger partial charge in [-0.05, 0) is 35.0 Å². The molecule has 1 fully saturated rings. The lowest BCUT2D eigenvalue weighted by Crippen LogP contribution is -2.36. The summed E-state index contributed by atoms with van der Waals surface area (Å²) in [5.41, 5.74) is 3.68. The predicted octanol–water partition coefficient (Wildman–Crippen LogP) is 3.92. The molecule has 0 spiro atoms. The number of hydrogen-bond acceptors (Lipinski definition) is 7. The summed E-state index contributed by atoms with van der Waals surface area (Å²) in [6.45, 7) is 3.11. The van der Waals surface area contributed by atoms with Crippen LogP contribution in [0, 0.1) is 0 Å². The zero-order chi connectivity index (χ0) is 21.5. The highest BCUT2D eigenvalue weighted by molar-refractivity contribution is 6.38. The van der Waals surface area contributed by atoms with Gasteiger partial charge in [0.05, 0.1) is 35.6 Å². The van der Waals surface area contributed by atoms with Crippen molar-refractivity contribution in [3.05, 3.63) is 58.8 Å². The third-order valence-corrected chi connectivity index (χ3v) is 5.69. The van der Waals surface area contributed by atoms with Crippen molar-refractivity contribution in [1.82, 2.24) is 5.16 Å². The van der Waals surface area contributed by atoms with Gasteiger partial charge in [0.15, 0.2) is 5.76 Å². The maximum atomic E-state index is 12.5. The number of hydrogen-bond donors (Lipinski definition) is 3. The van der Waals surface area contributed by atoms with Crippen molar-refractivity contribution in [3.63, 3.8) is 0 Å². The minimum atomic E-state index is -0.501. The number of halogens is 1. The number of aliphatic hydroxyl groups excluding tert-OH is 1. The molecule has 3 heterocycles. The van der Waals surface area contributed by atoms with E-state index in [1.165, 1.54) is 0 Å². The number of nitrogens with one attached hydrogen (secondary N) is 1. The van der Waals surface area contributed by atoms with Crippen LogP contribution in [0.5, 0.6) is 5.88 Å². The molecule has 5 rings (SSSR count). The fourth-order valence-corrected chi connectivity index (χ4v) is 4.09. The monoisotopic (exact) mass is 439 g/mol. The van der Waals surface area contributed by atoms with E-state index in [0.717, 1.165) is 36.0 Å². The van der Waals surface area contributed by atoms with Gasteiger partial charge in [-0.15, -0.1) is 0 Å². The number of ether oxygens (including phenoxy) is 1. The minimum absolute atomic E-state index is 0.0222. The number of carbonyl (C=O) groups is 1. The highest BCUT2D eigenvalue weighted by atomic mass is 35.5. The van der Waals surface area contributed by atoms with Gasteiger partial charge in [-0.25, -0.2) is 0 Å². The Balaban J connectivity index is 1.54. The number of anilines is 2. The second kappa shape index (κ2) is 7.64. The number of aromatic nitrogens is 1. The van der Waals surface area contributed by atoms with Crippen LogP contribution in [-0.4, -0.2) is 47.6 Å². The SMILES string of the molecule is O=C1Nc2cc(Cl)c(-c3ccc(N4CCOCC4)cc3)cc2C1=C(O)c1cc(O)no1. The van der Waals surface area contributed by atoms with Crippen LogP contribution in [0.25, 0.3) is 22.5 Å². The molecule has 2 aliphatic heterocycles. The Labute approximate surface area is 182 Å². The van der Waals surface area contributed by atoms with Gasteiger partial charge in [-0.1, -0.05) is 23.7 Å². The highest BCUT2D eigenvalue weighted by Gasteiger charge is 2.31. The van der Waals surface area contributed by atoms with E-state index in [4.69, 9.17) is 20.9 Å². The fraction of sp³-hybridized carbons (Fsp3) is 0.182. The van der Waals surface area contributed by atoms with E-state index >= 15 is 0 Å². The summed E-state index contributed by atoms with van der Waals surface area (Å²) in [5, 5.41) is 26.5. The molecule has 0 aliphatic carbocycles. The third-order valence-electron chi connectivity index (χ3n) is 5.37. The van der Waals surface area contributed by atoms with Crippen molar-refractivity contribution in [3.8, 4) is 17.0 Å². The van der Waals surface area contributed by atoms with Crippen LogP contribution in [0.2, 0.25) is 5.02 Å². The minimum Gasteiger partial charge on any atom is -0.504 e. The van der Waals surface area contributed by atoms with Crippen molar-refractivity contribution in [1.29, 1.82) is 0 Å². The molecule has 0 bridgehead atoms. The topological polar surface area (TPSA) is 108 Å². The molecular formula is C22H18ClN3O5. The van der Waals surface area contributed by atoms with Gasteiger partial charge in [0, 0.05) is 29.9 Å². The second-order valence-electron chi connectivity index (χ2n) is 7.25. The van der Waals surface area contributed by atoms with Crippen LogP contribution in [-0.2, 0) is 9.53 Å². The second-order valence-corrected chi connectivity index (χ2v) is 7.66. The molecule has 31 heavy (non-hydrogen) atoms. The summed E-state index contributed by atoms with van der Waals surface area (Å²) in [4.78, 5) is 14.8. The molecule has 0 atom stereocenters. The highest BCUT2D eigenvalue weighted by Crippen LogP contribution is 2.42. The summed E-state index contributed by atoms with van der Waals surface area (Å²) < 4.78 is 10.3. The Bertz CT molecular complexity index is 1200. The lowest BCUT2D eigenvalue weighted by molar-refractivity contribution is -0.110. The molecule has 158 valence electrons. The number of rotatable bonds is 3. The van der Waals surface area contributed by atoms with E-state index in [0.29, 0.717) is 29.5 Å². The van der Waals surface area contributed by atoms with Crippen LogP contribution in [0.1, 0.15) is 11.3 Å². The average molecular weight is 440 g/mol. The van der Waals surface area contributed by atoms with E-state index in [9.17, 15) is 15.0 Å². The molecule has 9 heteroatoms. The lowest BCUT2D eigenvalue weighted by Gasteiger charge is -2.29. The van der Waals surface area contributed by atoms with E-state index in [-0.39, 0.29) is 11.3 Å². The maximum absolute atomic E-state index is 12.5. The molecule has 3 aromatic rings. The first kappa shape index (κ1) is 19.5. The van der Waals surface area contributed by atoms with Gasteiger partial charge in [-0.3, -0.25) is 4.79 Å². The van der Waals surface area contributed by atoms with Gasteiger partial charge in [-0.2, -0.15) is 0 Å². The van der Waals surface area contributed by atoms with Crippen molar-refractivity contribution in [2.24, 2.45) is 0 Å². The Morgan fingerprint density at radius 3 is 2.52 bits per heavy atom. The summed E-state index contributed by atoms with van der Waals surface area (Å²) in [6, 6.07) is 12.5. The summed E-state index contributed by atoms with van der Waals surface area (Å²) in [7, 11) is 0. The summed E-state index contributed by atoms with van der Waals surface area (Å²) >= 11 is 6.51. The molecule has 0 saturated carbocycles. The van der Waals surface area contributed by atoms with Gasteiger partial charge in [0.1, 0.15) is 0 Å². The molecule has 3 N–H and O–H groups in total. The largest absolute Gasteiger partial charge is 0.504 e. The Morgan fingerprint density at radius 2 is 1.84 bits per heavy atom. The smallest absolute Gasteiger partial charge is 0.260 e. The third kappa shape index (κ3) is 3.49. The standard InChI is InChI=1S/C22H18ClN3O5/c23-16-10-17-15(20(22(29)24-17)21(28)18-11-19(27)25-31-18)9-14(16)12-1-3-13(4-2-12)26-5-7-30-8-6-26/h1-4,9-11,28H,5-8H2,(H,24,29)(H,25,27). The molecule has 0 unspecified atom stereocenters. The number of fused-ring (bicyclic) bond motifs is 1. The van der Waals surface area contributed by atoms with Crippen molar-refractivity contribution < 1.29 is 24.3 Å². The number of benzene rings is 2. The maximum Gasteiger partial charge on any atom is 0.260 e. The normalized spacial score (nSPS) is 17.5. The number of aliphatic hydroxyl groups is 1. The summed E-state index contributed by atoms with van der Waals surface area (Å²) in [5.74, 6) is -1.42. The Morgan fingerprint density at radius 1 is 1.10 bits per heavy atom. The number of morpholine rings is 1. The quantitative estimate of drug-likeness (QED) is 0.419. The predicted molar refractivity (Wildman–Crippen MR) is 116 cm³/mol. The lowest BCUT2D eigenvalue weighted by atomic mass is 9.98. The van der Waals surface area contributed by atoms with E-state index in [2.05, 4.69) is 15.4 Å². The molecule has 8 nitrogen and oxygen atoms in total. The van der Waals surface area contributed by atoms with Crippen molar-refractivity contribution >= 4 is 40.2 Å².